The molecular formula is C32H46ClN7O2S. The van der Waals surface area contributed by atoms with Crippen molar-refractivity contribution in [3.8, 4) is 5.00 Å². The van der Waals surface area contributed by atoms with Crippen molar-refractivity contribution < 1.29 is 9.47 Å². The summed E-state index contributed by atoms with van der Waals surface area (Å²) in [5.41, 5.74) is 4.52. The Balaban J connectivity index is 0.000000173. The van der Waals surface area contributed by atoms with E-state index in [2.05, 4.69) is 50.4 Å². The zero-order chi connectivity index (χ0) is 30.2. The number of morpholine rings is 2. The molecule has 0 bridgehead atoms. The van der Waals surface area contributed by atoms with E-state index in [1.807, 2.05) is 31.2 Å². The zero-order valence-electron chi connectivity index (χ0n) is 26.1. The lowest BCUT2D eigenvalue weighted by Gasteiger charge is -2.28. The van der Waals surface area contributed by atoms with Gasteiger partial charge in [0.2, 0.25) is 0 Å². The van der Waals surface area contributed by atoms with Crippen molar-refractivity contribution in [2.45, 2.75) is 40.2 Å². The molecule has 2 saturated heterocycles. The number of ether oxygens (including phenoxy) is 2. The highest BCUT2D eigenvalue weighted by molar-refractivity contribution is 7.15. The molecule has 11 heteroatoms. The average molecular weight is 628 g/mol. The van der Waals surface area contributed by atoms with Gasteiger partial charge in [-0.3, -0.25) is 19.4 Å². The first kappa shape index (κ1) is 32.2. The van der Waals surface area contributed by atoms with Gasteiger partial charge >= 0.3 is 0 Å². The van der Waals surface area contributed by atoms with Gasteiger partial charge in [0.15, 0.2) is 5.82 Å². The van der Waals surface area contributed by atoms with E-state index in [1.54, 1.807) is 11.3 Å². The third-order valence-electron chi connectivity index (χ3n) is 8.43. The molecule has 0 saturated carbocycles. The second-order valence-corrected chi connectivity index (χ2v) is 13.2. The Labute approximate surface area is 265 Å². The lowest BCUT2D eigenvalue weighted by molar-refractivity contribution is 0.0346. The molecule has 3 aromatic rings. The van der Waals surface area contributed by atoms with Crippen molar-refractivity contribution in [3.63, 3.8) is 0 Å². The normalized spacial score (nSPS) is 17.6. The van der Waals surface area contributed by atoms with Gasteiger partial charge in [-0.1, -0.05) is 23.7 Å². The maximum Gasteiger partial charge on any atom is 0.160 e. The third kappa shape index (κ3) is 8.51. The van der Waals surface area contributed by atoms with Crippen LogP contribution in [0, 0.1) is 20.8 Å². The standard InChI is InChI=1S/C17H15ClN4S.C15H31N3O2/c1-9-10(2)23-17-15(9)16(12-4-6-13(18)7-5-12)19-8-14-21-20-11(3)22(14)17;1-16(4-2-6-17-8-12-19-13-9-17)5-3-7-18-10-14-20-15-11-18/h4-7H,8H2,1-3H3;2-15H2,1H3. The highest BCUT2D eigenvalue weighted by Crippen LogP contribution is 2.36. The molecule has 6 rings (SSSR count). The van der Waals surface area contributed by atoms with Gasteiger partial charge in [0.05, 0.1) is 32.1 Å². The van der Waals surface area contributed by atoms with Crippen LogP contribution in [0.1, 0.15) is 46.1 Å². The Morgan fingerprint density at radius 2 is 1.44 bits per heavy atom. The van der Waals surface area contributed by atoms with Crippen LogP contribution in [0.4, 0.5) is 0 Å². The van der Waals surface area contributed by atoms with Crippen LogP contribution < -0.4 is 0 Å². The molecule has 1 aromatic carbocycles. The molecule has 2 fully saturated rings. The number of benzene rings is 1. The fourth-order valence-electron chi connectivity index (χ4n) is 5.78. The predicted molar refractivity (Wildman–Crippen MR) is 175 cm³/mol. The summed E-state index contributed by atoms with van der Waals surface area (Å²) in [6.07, 6.45) is 2.54. The van der Waals surface area contributed by atoms with E-state index in [9.17, 15) is 0 Å². The number of hydrogen-bond donors (Lipinski definition) is 0. The summed E-state index contributed by atoms with van der Waals surface area (Å²) in [6, 6.07) is 7.86. The van der Waals surface area contributed by atoms with E-state index in [0.29, 0.717) is 6.54 Å². The Morgan fingerprint density at radius 3 is 2.02 bits per heavy atom. The van der Waals surface area contributed by atoms with Crippen molar-refractivity contribution >= 4 is 28.6 Å². The molecule has 0 aliphatic carbocycles. The molecule has 0 unspecified atom stereocenters. The van der Waals surface area contributed by atoms with Crippen molar-refractivity contribution in [2.75, 3.05) is 85.8 Å². The number of halogens is 1. The first-order valence-electron chi connectivity index (χ1n) is 15.5. The van der Waals surface area contributed by atoms with E-state index < -0.39 is 0 Å². The van der Waals surface area contributed by atoms with Crippen LogP contribution >= 0.6 is 22.9 Å². The third-order valence-corrected chi connectivity index (χ3v) is 9.87. The van der Waals surface area contributed by atoms with Crippen LogP contribution in [0.3, 0.4) is 0 Å². The summed E-state index contributed by atoms with van der Waals surface area (Å²) in [5.74, 6) is 1.78. The van der Waals surface area contributed by atoms with Gasteiger partial charge in [0.25, 0.3) is 0 Å². The number of fused-ring (bicyclic) bond motifs is 3. The molecule has 0 atom stereocenters. The molecule has 0 radical (unpaired) electrons. The molecule has 5 heterocycles. The molecule has 0 amide bonds. The fraction of sp³-hybridized carbons (Fsp3) is 0.594. The quantitative estimate of drug-likeness (QED) is 0.343. The maximum absolute atomic E-state index is 6.03. The summed E-state index contributed by atoms with van der Waals surface area (Å²) in [6.45, 7) is 19.8. The van der Waals surface area contributed by atoms with Crippen LogP contribution in [0.5, 0.6) is 0 Å². The molecule has 0 N–H and O–H groups in total. The number of aromatic nitrogens is 3. The van der Waals surface area contributed by atoms with Crippen molar-refractivity contribution in [1.82, 2.24) is 29.5 Å². The van der Waals surface area contributed by atoms with Gasteiger partial charge in [0.1, 0.15) is 17.4 Å². The van der Waals surface area contributed by atoms with Crippen molar-refractivity contribution in [2.24, 2.45) is 4.99 Å². The molecule has 234 valence electrons. The Hall–Kier alpha value is -2.18. The van der Waals surface area contributed by atoms with Gasteiger partial charge in [0, 0.05) is 47.2 Å². The van der Waals surface area contributed by atoms with Crippen molar-refractivity contribution in [3.05, 3.63) is 62.5 Å². The monoisotopic (exact) mass is 627 g/mol. The zero-order valence-corrected chi connectivity index (χ0v) is 27.7. The number of aliphatic imine (C=N–C) groups is 1. The average Bonchev–Trinajstić information content (AvgIpc) is 3.47. The molecule has 9 nitrogen and oxygen atoms in total. The molecule has 0 spiro atoms. The highest BCUT2D eigenvalue weighted by Gasteiger charge is 2.26. The summed E-state index contributed by atoms with van der Waals surface area (Å²) in [4.78, 5) is 13.7. The SMILES string of the molecule is CN(CCCN1CCOCC1)CCCN1CCOCC1.Cc1sc2c(c1C)C(c1ccc(Cl)cc1)=NCc1nnc(C)n1-2. The van der Waals surface area contributed by atoms with Gasteiger partial charge in [-0.25, -0.2) is 0 Å². The first-order chi connectivity index (χ1) is 20.9. The lowest BCUT2D eigenvalue weighted by atomic mass is 10.00. The minimum absolute atomic E-state index is 0.526. The minimum Gasteiger partial charge on any atom is -0.379 e. The van der Waals surface area contributed by atoms with Crippen LogP contribution in [0.15, 0.2) is 29.3 Å². The van der Waals surface area contributed by atoms with Crippen LogP contribution in [0.25, 0.3) is 5.00 Å². The van der Waals surface area contributed by atoms with Crippen LogP contribution in [0.2, 0.25) is 5.02 Å². The number of aryl methyl sites for hydroxylation is 2. The predicted octanol–water partition coefficient (Wildman–Crippen LogP) is 4.62. The Morgan fingerprint density at radius 1 is 0.860 bits per heavy atom. The van der Waals surface area contributed by atoms with Gasteiger partial charge in [-0.2, -0.15) is 0 Å². The number of nitrogens with zero attached hydrogens (tertiary/aromatic N) is 7. The smallest absolute Gasteiger partial charge is 0.160 e. The molecule has 43 heavy (non-hydrogen) atoms. The minimum atomic E-state index is 0.526. The summed E-state index contributed by atoms with van der Waals surface area (Å²) >= 11 is 7.80. The van der Waals surface area contributed by atoms with Gasteiger partial charge in [-0.05, 0) is 84.5 Å². The summed E-state index contributed by atoms with van der Waals surface area (Å²) in [5, 5.41) is 10.4. The number of hydrogen-bond acceptors (Lipinski definition) is 9. The molecular weight excluding hydrogens is 582 g/mol. The van der Waals surface area contributed by atoms with E-state index in [-0.39, 0.29) is 0 Å². The number of rotatable bonds is 9. The van der Waals surface area contributed by atoms with E-state index in [1.165, 1.54) is 55.0 Å². The van der Waals surface area contributed by atoms with E-state index >= 15 is 0 Å². The Bertz CT molecular complexity index is 1320. The van der Waals surface area contributed by atoms with E-state index in [0.717, 1.165) is 85.6 Å². The lowest BCUT2D eigenvalue weighted by Crippen LogP contribution is -2.39. The highest BCUT2D eigenvalue weighted by atomic mass is 35.5. The molecule has 3 aliphatic rings. The second kappa shape index (κ2) is 15.7. The molecule has 2 aromatic heterocycles. The van der Waals surface area contributed by atoms with Crippen LogP contribution in [-0.2, 0) is 16.0 Å². The molecule has 3 aliphatic heterocycles. The largest absolute Gasteiger partial charge is 0.379 e. The van der Waals surface area contributed by atoms with Gasteiger partial charge in [-0.15, -0.1) is 21.5 Å². The van der Waals surface area contributed by atoms with Gasteiger partial charge < -0.3 is 14.4 Å². The van der Waals surface area contributed by atoms with Crippen molar-refractivity contribution in [1.29, 1.82) is 0 Å². The second-order valence-electron chi connectivity index (χ2n) is 11.6. The summed E-state index contributed by atoms with van der Waals surface area (Å²) < 4.78 is 12.9. The summed E-state index contributed by atoms with van der Waals surface area (Å²) in [7, 11) is 2.25. The topological polar surface area (TPSA) is 71.2 Å². The van der Waals surface area contributed by atoms with E-state index in [4.69, 9.17) is 26.1 Å². The first-order valence-corrected chi connectivity index (χ1v) is 16.7. The number of thiophene rings is 1. The maximum atomic E-state index is 6.03. The Kier molecular flexibility index (Phi) is 11.8. The fourth-order valence-corrected chi connectivity index (χ4v) is 7.13. The van der Waals surface area contributed by atoms with Crippen LogP contribution in [-0.4, -0.2) is 121 Å².